The van der Waals surface area contributed by atoms with Crippen LogP contribution in [0.1, 0.15) is 30.7 Å². The van der Waals surface area contributed by atoms with Crippen LogP contribution in [0.25, 0.3) is 0 Å². The van der Waals surface area contributed by atoms with Crippen LogP contribution in [0.4, 0.5) is 0 Å². The maximum Gasteiger partial charge on any atom is 0.0481 e. The van der Waals surface area contributed by atoms with Gasteiger partial charge in [0.2, 0.25) is 0 Å². The molecular formula is C15H22N2S. The Morgan fingerprint density at radius 1 is 1.33 bits per heavy atom. The zero-order valence-electron chi connectivity index (χ0n) is 11.4. The van der Waals surface area contributed by atoms with Crippen molar-refractivity contribution in [1.82, 2.24) is 9.88 Å². The van der Waals surface area contributed by atoms with E-state index in [1.807, 2.05) is 0 Å². The predicted octanol–water partition coefficient (Wildman–Crippen LogP) is 3.65. The quantitative estimate of drug-likeness (QED) is 0.841. The first-order valence-electron chi connectivity index (χ1n) is 6.53. The van der Waals surface area contributed by atoms with Crippen molar-refractivity contribution < 1.29 is 0 Å². The number of thiophene rings is 1. The Morgan fingerprint density at radius 2 is 2.17 bits per heavy atom. The number of aromatic nitrogens is 1. The standard InChI is InChI=1S/C15H22N2S/c1-12(2)8-16-9-15-4-6-17(13(15)3)10-14-5-7-18-11-14/h4-7,11-12,16H,8-10H2,1-3H3. The van der Waals surface area contributed by atoms with Crippen LogP contribution in [0.2, 0.25) is 0 Å². The van der Waals surface area contributed by atoms with Gasteiger partial charge in [-0.3, -0.25) is 0 Å². The Bertz CT molecular complexity index is 469. The van der Waals surface area contributed by atoms with Gasteiger partial charge in [-0.05, 0) is 53.4 Å². The third-order valence-corrected chi connectivity index (χ3v) is 3.88. The van der Waals surface area contributed by atoms with Crippen molar-refractivity contribution in [2.45, 2.75) is 33.9 Å². The highest BCUT2D eigenvalue weighted by molar-refractivity contribution is 7.07. The molecule has 0 aliphatic carbocycles. The lowest BCUT2D eigenvalue weighted by atomic mass is 10.2. The molecule has 0 amide bonds. The van der Waals surface area contributed by atoms with Gasteiger partial charge in [0.25, 0.3) is 0 Å². The minimum Gasteiger partial charge on any atom is -0.347 e. The van der Waals surface area contributed by atoms with Crippen LogP contribution < -0.4 is 5.32 Å². The van der Waals surface area contributed by atoms with Crippen LogP contribution in [-0.2, 0) is 13.1 Å². The molecule has 3 heteroatoms. The van der Waals surface area contributed by atoms with Gasteiger partial charge in [0.1, 0.15) is 0 Å². The Labute approximate surface area is 114 Å². The summed E-state index contributed by atoms with van der Waals surface area (Å²) in [6, 6.07) is 4.43. The first-order chi connectivity index (χ1) is 8.66. The monoisotopic (exact) mass is 262 g/mol. The van der Waals surface area contributed by atoms with Crippen LogP contribution in [-0.4, -0.2) is 11.1 Å². The molecule has 0 spiro atoms. The van der Waals surface area contributed by atoms with Gasteiger partial charge in [0.05, 0.1) is 0 Å². The van der Waals surface area contributed by atoms with Gasteiger partial charge in [-0.25, -0.2) is 0 Å². The van der Waals surface area contributed by atoms with Gasteiger partial charge in [-0.2, -0.15) is 11.3 Å². The van der Waals surface area contributed by atoms with E-state index in [1.165, 1.54) is 16.8 Å². The van der Waals surface area contributed by atoms with Crippen LogP contribution in [0.5, 0.6) is 0 Å². The summed E-state index contributed by atoms with van der Waals surface area (Å²) in [5.74, 6) is 0.707. The number of nitrogens with zero attached hydrogens (tertiary/aromatic N) is 1. The summed E-state index contributed by atoms with van der Waals surface area (Å²) >= 11 is 1.76. The van der Waals surface area contributed by atoms with Gasteiger partial charge in [-0.1, -0.05) is 13.8 Å². The maximum atomic E-state index is 3.50. The fraction of sp³-hybridized carbons (Fsp3) is 0.467. The van der Waals surface area contributed by atoms with Gasteiger partial charge in [-0.15, -0.1) is 0 Å². The predicted molar refractivity (Wildman–Crippen MR) is 79.1 cm³/mol. The van der Waals surface area contributed by atoms with E-state index in [0.29, 0.717) is 5.92 Å². The number of hydrogen-bond donors (Lipinski definition) is 1. The second-order valence-electron chi connectivity index (χ2n) is 5.21. The summed E-state index contributed by atoms with van der Waals surface area (Å²) in [6.07, 6.45) is 2.19. The number of hydrogen-bond acceptors (Lipinski definition) is 2. The fourth-order valence-corrected chi connectivity index (χ4v) is 2.69. The molecule has 98 valence electrons. The number of nitrogens with one attached hydrogen (secondary N) is 1. The maximum absolute atomic E-state index is 3.50. The van der Waals surface area contributed by atoms with E-state index in [-0.39, 0.29) is 0 Å². The summed E-state index contributed by atoms with van der Waals surface area (Å²) in [7, 11) is 0. The zero-order valence-corrected chi connectivity index (χ0v) is 12.3. The minimum absolute atomic E-state index is 0.707. The largest absolute Gasteiger partial charge is 0.347 e. The van der Waals surface area contributed by atoms with Crippen molar-refractivity contribution in [2.75, 3.05) is 6.54 Å². The molecule has 2 nitrogen and oxygen atoms in total. The lowest BCUT2D eigenvalue weighted by molar-refractivity contribution is 0.551. The van der Waals surface area contributed by atoms with E-state index >= 15 is 0 Å². The normalized spacial score (nSPS) is 11.3. The molecule has 0 saturated carbocycles. The molecule has 0 bridgehead atoms. The Morgan fingerprint density at radius 3 is 2.83 bits per heavy atom. The van der Waals surface area contributed by atoms with Crippen molar-refractivity contribution in [1.29, 1.82) is 0 Å². The van der Waals surface area contributed by atoms with Crippen LogP contribution >= 0.6 is 11.3 Å². The highest BCUT2D eigenvalue weighted by Crippen LogP contribution is 2.14. The molecule has 0 aliphatic rings. The van der Waals surface area contributed by atoms with E-state index in [0.717, 1.165) is 19.6 Å². The van der Waals surface area contributed by atoms with Crippen LogP contribution in [0.15, 0.2) is 29.1 Å². The lowest BCUT2D eigenvalue weighted by Crippen LogP contribution is -2.19. The average molecular weight is 262 g/mol. The van der Waals surface area contributed by atoms with Gasteiger partial charge < -0.3 is 9.88 Å². The lowest BCUT2D eigenvalue weighted by Gasteiger charge is -2.09. The molecule has 2 aromatic rings. The van der Waals surface area contributed by atoms with E-state index in [2.05, 4.69) is 59.7 Å². The molecule has 0 fully saturated rings. The van der Waals surface area contributed by atoms with Gasteiger partial charge >= 0.3 is 0 Å². The molecule has 1 N–H and O–H groups in total. The van der Waals surface area contributed by atoms with Gasteiger partial charge in [0.15, 0.2) is 0 Å². The fourth-order valence-electron chi connectivity index (χ4n) is 2.03. The molecule has 0 unspecified atom stereocenters. The van der Waals surface area contributed by atoms with E-state index < -0.39 is 0 Å². The van der Waals surface area contributed by atoms with Crippen LogP contribution in [0, 0.1) is 12.8 Å². The molecule has 0 radical (unpaired) electrons. The van der Waals surface area contributed by atoms with Crippen molar-refractivity contribution in [2.24, 2.45) is 5.92 Å². The van der Waals surface area contributed by atoms with Crippen molar-refractivity contribution in [3.8, 4) is 0 Å². The molecule has 0 aromatic carbocycles. The highest BCUT2D eigenvalue weighted by atomic mass is 32.1. The summed E-state index contributed by atoms with van der Waals surface area (Å²) in [6.45, 7) is 9.72. The highest BCUT2D eigenvalue weighted by Gasteiger charge is 2.05. The first-order valence-corrected chi connectivity index (χ1v) is 7.47. The molecule has 2 heterocycles. The average Bonchev–Trinajstić information content (AvgIpc) is 2.93. The molecule has 0 atom stereocenters. The molecule has 0 aliphatic heterocycles. The van der Waals surface area contributed by atoms with E-state index in [9.17, 15) is 0 Å². The molecule has 2 aromatic heterocycles. The second kappa shape index (κ2) is 6.21. The SMILES string of the molecule is Cc1c(CNCC(C)C)ccn1Cc1ccsc1. The van der Waals surface area contributed by atoms with Gasteiger partial charge in [0, 0.05) is 25.0 Å². The smallest absolute Gasteiger partial charge is 0.0481 e. The molecular weight excluding hydrogens is 240 g/mol. The summed E-state index contributed by atoms with van der Waals surface area (Å²) in [4.78, 5) is 0. The van der Waals surface area contributed by atoms with E-state index in [1.54, 1.807) is 11.3 Å². The van der Waals surface area contributed by atoms with Crippen molar-refractivity contribution in [3.05, 3.63) is 45.9 Å². The third kappa shape index (κ3) is 3.47. The summed E-state index contributed by atoms with van der Waals surface area (Å²) in [5, 5.41) is 7.86. The minimum atomic E-state index is 0.707. The first kappa shape index (κ1) is 13.4. The zero-order chi connectivity index (χ0) is 13.0. The Hall–Kier alpha value is -1.06. The summed E-state index contributed by atoms with van der Waals surface area (Å²) in [5.41, 5.74) is 4.17. The second-order valence-corrected chi connectivity index (χ2v) is 5.99. The Kier molecular flexibility index (Phi) is 4.61. The van der Waals surface area contributed by atoms with Crippen LogP contribution in [0.3, 0.4) is 0 Å². The topological polar surface area (TPSA) is 17.0 Å². The van der Waals surface area contributed by atoms with E-state index in [4.69, 9.17) is 0 Å². The summed E-state index contributed by atoms with van der Waals surface area (Å²) < 4.78 is 2.33. The molecule has 0 saturated heterocycles. The molecule has 2 rings (SSSR count). The molecule has 18 heavy (non-hydrogen) atoms. The number of rotatable bonds is 6. The van der Waals surface area contributed by atoms with Crippen molar-refractivity contribution >= 4 is 11.3 Å². The third-order valence-electron chi connectivity index (χ3n) is 3.15. The van der Waals surface area contributed by atoms with Crippen molar-refractivity contribution in [3.63, 3.8) is 0 Å². The Balaban J connectivity index is 1.95.